The fourth-order valence-electron chi connectivity index (χ4n) is 3.12. The molecular formula is C18H23N7O2. The van der Waals surface area contributed by atoms with Gasteiger partial charge in [0.25, 0.3) is 0 Å². The fourth-order valence-corrected chi connectivity index (χ4v) is 3.12. The maximum atomic E-state index is 9.82. The third kappa shape index (κ3) is 4.25. The second-order valence-corrected chi connectivity index (χ2v) is 6.48. The summed E-state index contributed by atoms with van der Waals surface area (Å²) in [5.74, 6) is 1.87. The van der Waals surface area contributed by atoms with Gasteiger partial charge in [0.15, 0.2) is 0 Å². The molecule has 0 amide bonds. The zero-order chi connectivity index (χ0) is 18.5. The van der Waals surface area contributed by atoms with Crippen LogP contribution in [0, 0.1) is 0 Å². The molecule has 0 radical (unpaired) electrons. The summed E-state index contributed by atoms with van der Waals surface area (Å²) in [4.78, 5) is 18.0. The number of aromatic hydroxyl groups is 1. The minimum absolute atomic E-state index is 0.172. The molecule has 2 aromatic rings. The highest BCUT2D eigenvalue weighted by Gasteiger charge is 2.21. The number of rotatable bonds is 5. The van der Waals surface area contributed by atoms with Gasteiger partial charge in [-0.15, -0.1) is 0 Å². The van der Waals surface area contributed by atoms with Crippen molar-refractivity contribution in [1.29, 1.82) is 0 Å². The second kappa shape index (κ2) is 8.17. The van der Waals surface area contributed by atoms with Crippen LogP contribution in [0.15, 0.2) is 29.4 Å². The highest BCUT2D eigenvalue weighted by atomic mass is 16.5. The van der Waals surface area contributed by atoms with Crippen molar-refractivity contribution in [2.45, 2.75) is 12.8 Å². The number of phenols is 1. The van der Waals surface area contributed by atoms with E-state index >= 15 is 0 Å². The molecule has 0 spiro atoms. The Morgan fingerprint density at radius 1 is 0.963 bits per heavy atom. The molecule has 4 rings (SSSR count). The molecule has 9 heteroatoms. The third-order valence-corrected chi connectivity index (χ3v) is 4.60. The van der Waals surface area contributed by atoms with E-state index in [4.69, 9.17) is 4.74 Å². The Balaban J connectivity index is 1.56. The summed E-state index contributed by atoms with van der Waals surface area (Å²) in [5, 5.41) is 14.0. The summed E-state index contributed by atoms with van der Waals surface area (Å²) in [7, 11) is 0. The van der Waals surface area contributed by atoms with Crippen LogP contribution >= 0.6 is 0 Å². The molecule has 2 aliphatic heterocycles. The normalized spacial score (nSPS) is 17.6. The largest absolute Gasteiger partial charge is 0.507 e. The predicted octanol–water partition coefficient (Wildman–Crippen LogP) is 1.46. The quantitative estimate of drug-likeness (QED) is 0.604. The van der Waals surface area contributed by atoms with E-state index in [-0.39, 0.29) is 5.75 Å². The lowest BCUT2D eigenvalue weighted by Crippen LogP contribution is -2.38. The van der Waals surface area contributed by atoms with Gasteiger partial charge in [0.05, 0.1) is 19.4 Å². The summed E-state index contributed by atoms with van der Waals surface area (Å²) in [6.07, 6.45) is 3.84. The fraction of sp³-hybridized carbons (Fsp3) is 0.444. The Labute approximate surface area is 157 Å². The number of nitrogens with one attached hydrogen (secondary N) is 1. The Morgan fingerprint density at radius 3 is 2.33 bits per heavy atom. The number of morpholine rings is 1. The van der Waals surface area contributed by atoms with Crippen molar-refractivity contribution in [3.63, 3.8) is 0 Å². The number of nitrogens with zero attached hydrogens (tertiary/aromatic N) is 6. The van der Waals surface area contributed by atoms with E-state index in [9.17, 15) is 5.11 Å². The molecule has 1 aromatic heterocycles. The van der Waals surface area contributed by atoms with Crippen molar-refractivity contribution in [3.05, 3.63) is 29.8 Å². The zero-order valence-corrected chi connectivity index (χ0v) is 15.1. The average molecular weight is 369 g/mol. The van der Waals surface area contributed by atoms with E-state index in [1.54, 1.807) is 24.4 Å². The van der Waals surface area contributed by atoms with Crippen LogP contribution in [0.4, 0.5) is 17.8 Å². The second-order valence-electron chi connectivity index (χ2n) is 6.48. The molecule has 0 aliphatic carbocycles. The first-order chi connectivity index (χ1) is 13.3. The van der Waals surface area contributed by atoms with Crippen LogP contribution in [-0.2, 0) is 4.74 Å². The topological polar surface area (TPSA) is 99.0 Å². The van der Waals surface area contributed by atoms with Gasteiger partial charge in [0.1, 0.15) is 5.75 Å². The van der Waals surface area contributed by atoms with Gasteiger partial charge >= 0.3 is 0 Å². The van der Waals surface area contributed by atoms with Crippen LogP contribution in [0.2, 0.25) is 0 Å². The maximum Gasteiger partial charge on any atom is 0.250 e. The van der Waals surface area contributed by atoms with Gasteiger partial charge in [-0.1, -0.05) is 12.1 Å². The minimum Gasteiger partial charge on any atom is -0.507 e. The lowest BCUT2D eigenvalue weighted by molar-refractivity contribution is 0.122. The molecule has 142 valence electrons. The zero-order valence-electron chi connectivity index (χ0n) is 15.1. The number of hydrazone groups is 1. The maximum absolute atomic E-state index is 9.82. The molecule has 27 heavy (non-hydrogen) atoms. The molecular weight excluding hydrogens is 346 g/mol. The highest BCUT2D eigenvalue weighted by Crippen LogP contribution is 2.21. The number of ether oxygens (including phenoxy) is 1. The van der Waals surface area contributed by atoms with Crippen molar-refractivity contribution in [3.8, 4) is 5.75 Å². The number of hydrogen-bond acceptors (Lipinski definition) is 9. The van der Waals surface area contributed by atoms with Gasteiger partial charge in [-0.2, -0.15) is 20.1 Å². The summed E-state index contributed by atoms with van der Waals surface area (Å²) < 4.78 is 5.42. The Kier molecular flexibility index (Phi) is 5.29. The monoisotopic (exact) mass is 369 g/mol. The molecule has 0 atom stereocenters. The Morgan fingerprint density at radius 2 is 1.63 bits per heavy atom. The van der Waals surface area contributed by atoms with E-state index in [1.165, 1.54) is 0 Å². The van der Waals surface area contributed by atoms with Crippen molar-refractivity contribution >= 4 is 24.1 Å². The first-order valence-electron chi connectivity index (χ1n) is 9.20. The van der Waals surface area contributed by atoms with Crippen LogP contribution in [0.5, 0.6) is 5.75 Å². The summed E-state index contributed by atoms with van der Waals surface area (Å²) >= 11 is 0. The lowest BCUT2D eigenvalue weighted by atomic mass is 10.2. The van der Waals surface area contributed by atoms with Crippen LogP contribution in [0.25, 0.3) is 0 Å². The number of para-hydroxylation sites is 1. The minimum atomic E-state index is 0.172. The summed E-state index contributed by atoms with van der Waals surface area (Å²) in [6, 6.07) is 7.00. The Bertz CT molecular complexity index is 802. The summed E-state index contributed by atoms with van der Waals surface area (Å²) in [6.45, 7) is 4.74. The molecule has 0 saturated carbocycles. The molecule has 2 saturated heterocycles. The van der Waals surface area contributed by atoms with Gasteiger partial charge in [0, 0.05) is 31.7 Å². The molecule has 2 N–H and O–H groups in total. The van der Waals surface area contributed by atoms with E-state index in [0.717, 1.165) is 39.0 Å². The molecule has 0 bridgehead atoms. The van der Waals surface area contributed by atoms with E-state index < -0.39 is 0 Å². The smallest absolute Gasteiger partial charge is 0.250 e. The number of hydrogen-bond donors (Lipinski definition) is 2. The first kappa shape index (κ1) is 17.5. The third-order valence-electron chi connectivity index (χ3n) is 4.60. The van der Waals surface area contributed by atoms with E-state index in [2.05, 4.69) is 35.3 Å². The predicted molar refractivity (Wildman–Crippen MR) is 104 cm³/mol. The highest BCUT2D eigenvalue weighted by molar-refractivity contribution is 5.83. The molecule has 9 nitrogen and oxygen atoms in total. The summed E-state index contributed by atoms with van der Waals surface area (Å²) in [5.41, 5.74) is 3.49. The van der Waals surface area contributed by atoms with Gasteiger partial charge in [0.2, 0.25) is 17.8 Å². The van der Waals surface area contributed by atoms with Crippen LogP contribution in [0.3, 0.4) is 0 Å². The van der Waals surface area contributed by atoms with Crippen LogP contribution in [0.1, 0.15) is 18.4 Å². The molecule has 2 aliphatic rings. The molecule has 2 fully saturated rings. The van der Waals surface area contributed by atoms with Crippen LogP contribution < -0.4 is 15.2 Å². The first-order valence-corrected chi connectivity index (χ1v) is 9.20. The number of aromatic nitrogens is 3. The number of phenolic OH excluding ortho intramolecular Hbond substituents is 1. The van der Waals surface area contributed by atoms with Gasteiger partial charge in [-0.3, -0.25) is 0 Å². The van der Waals surface area contributed by atoms with Gasteiger partial charge < -0.3 is 19.6 Å². The Hall–Kier alpha value is -2.94. The van der Waals surface area contributed by atoms with Gasteiger partial charge in [-0.25, -0.2) is 5.43 Å². The van der Waals surface area contributed by atoms with Crippen molar-refractivity contribution in [1.82, 2.24) is 15.0 Å². The molecule has 0 unspecified atom stereocenters. The van der Waals surface area contributed by atoms with Crippen molar-refractivity contribution in [2.75, 3.05) is 54.6 Å². The SMILES string of the molecule is Oc1ccccc1C=NNc1nc(N2CCCC2)nc(N2CCOCC2)n1. The van der Waals surface area contributed by atoms with Gasteiger partial charge in [-0.05, 0) is 25.0 Å². The lowest BCUT2D eigenvalue weighted by Gasteiger charge is -2.27. The van der Waals surface area contributed by atoms with Crippen LogP contribution in [-0.4, -0.2) is 65.7 Å². The standard InChI is InChI=1S/C18H23N7O2/c26-15-6-2-1-5-14(15)13-19-23-16-20-17(24-7-3-4-8-24)22-18(21-16)25-9-11-27-12-10-25/h1-2,5-6,13,26H,3-4,7-12H2,(H,20,21,22,23). The average Bonchev–Trinajstić information content (AvgIpc) is 3.25. The number of anilines is 3. The molecule has 3 heterocycles. The van der Waals surface area contributed by atoms with Crippen molar-refractivity contribution in [2.24, 2.45) is 5.10 Å². The van der Waals surface area contributed by atoms with E-state index in [1.807, 2.05) is 6.07 Å². The van der Waals surface area contributed by atoms with E-state index in [0.29, 0.717) is 36.6 Å². The van der Waals surface area contributed by atoms with Crippen molar-refractivity contribution < 1.29 is 9.84 Å². The molecule has 1 aromatic carbocycles. The number of benzene rings is 1.